The van der Waals surface area contributed by atoms with E-state index in [2.05, 4.69) is 4.99 Å². The van der Waals surface area contributed by atoms with E-state index in [1.165, 1.54) is 4.31 Å². The summed E-state index contributed by atoms with van der Waals surface area (Å²) in [6, 6.07) is 8.53. The van der Waals surface area contributed by atoms with Crippen LogP contribution in [0.25, 0.3) is 0 Å². The van der Waals surface area contributed by atoms with Crippen LogP contribution in [0, 0.1) is 5.92 Å². The van der Waals surface area contributed by atoms with E-state index in [9.17, 15) is 8.42 Å². The number of hydrogen-bond acceptors (Lipinski definition) is 3. The van der Waals surface area contributed by atoms with Crippen LogP contribution < -0.4 is 11.5 Å². The Bertz CT molecular complexity index is 559. The molecule has 0 saturated carbocycles. The SMILES string of the molecule is NC(N)=NCC1CCN(S(=O)(=O)c2ccccc2)CC1. The fraction of sp³-hybridized carbons (Fsp3) is 0.462. The molecule has 0 unspecified atom stereocenters. The average molecular weight is 296 g/mol. The first kappa shape index (κ1) is 14.8. The first-order chi connectivity index (χ1) is 9.50. The van der Waals surface area contributed by atoms with Crippen molar-refractivity contribution in [2.75, 3.05) is 19.6 Å². The van der Waals surface area contributed by atoms with E-state index in [-0.39, 0.29) is 5.96 Å². The van der Waals surface area contributed by atoms with Crippen LogP contribution >= 0.6 is 0 Å². The van der Waals surface area contributed by atoms with Gasteiger partial charge in [0, 0.05) is 19.6 Å². The Morgan fingerprint density at radius 1 is 1.20 bits per heavy atom. The molecule has 1 aromatic carbocycles. The number of nitrogens with two attached hydrogens (primary N) is 2. The Morgan fingerprint density at radius 3 is 2.35 bits per heavy atom. The highest BCUT2D eigenvalue weighted by atomic mass is 32.2. The van der Waals surface area contributed by atoms with Gasteiger partial charge in [0.05, 0.1) is 4.90 Å². The molecule has 0 aliphatic carbocycles. The molecule has 1 aromatic rings. The Labute approximate surface area is 119 Å². The van der Waals surface area contributed by atoms with Gasteiger partial charge in [-0.1, -0.05) is 18.2 Å². The number of sulfonamides is 1. The topological polar surface area (TPSA) is 102 Å². The van der Waals surface area contributed by atoms with E-state index in [1.807, 2.05) is 0 Å². The summed E-state index contributed by atoms with van der Waals surface area (Å²) in [5.74, 6) is 0.434. The minimum absolute atomic E-state index is 0.0873. The minimum atomic E-state index is -3.37. The molecular formula is C13H20N4O2S. The number of aliphatic imine (C=N–C) groups is 1. The number of guanidine groups is 1. The lowest BCUT2D eigenvalue weighted by molar-refractivity contribution is 0.279. The second-order valence-electron chi connectivity index (χ2n) is 4.93. The Morgan fingerprint density at radius 2 is 1.80 bits per heavy atom. The summed E-state index contributed by atoms with van der Waals surface area (Å²) in [5, 5.41) is 0. The summed E-state index contributed by atoms with van der Waals surface area (Å²) in [6.45, 7) is 1.60. The van der Waals surface area contributed by atoms with Gasteiger partial charge in [0.15, 0.2) is 5.96 Å². The zero-order valence-electron chi connectivity index (χ0n) is 11.3. The van der Waals surface area contributed by atoms with Gasteiger partial charge in [0.25, 0.3) is 0 Å². The zero-order chi connectivity index (χ0) is 14.6. The van der Waals surface area contributed by atoms with Crippen LogP contribution in [0.3, 0.4) is 0 Å². The van der Waals surface area contributed by atoms with E-state index >= 15 is 0 Å². The predicted molar refractivity (Wildman–Crippen MR) is 78.6 cm³/mol. The maximum atomic E-state index is 12.4. The molecule has 0 amide bonds. The molecule has 1 saturated heterocycles. The summed E-state index contributed by atoms with van der Waals surface area (Å²) in [7, 11) is -3.37. The summed E-state index contributed by atoms with van der Waals surface area (Å²) < 4.78 is 26.4. The highest BCUT2D eigenvalue weighted by molar-refractivity contribution is 7.89. The van der Waals surface area contributed by atoms with Crippen molar-refractivity contribution in [3.8, 4) is 0 Å². The quantitative estimate of drug-likeness (QED) is 0.618. The highest BCUT2D eigenvalue weighted by Gasteiger charge is 2.28. The van der Waals surface area contributed by atoms with Crippen LogP contribution in [0.4, 0.5) is 0 Å². The monoisotopic (exact) mass is 296 g/mol. The van der Waals surface area contributed by atoms with Gasteiger partial charge in [-0.05, 0) is 30.9 Å². The van der Waals surface area contributed by atoms with Crippen molar-refractivity contribution in [1.82, 2.24) is 4.31 Å². The van der Waals surface area contributed by atoms with Crippen LogP contribution in [0.5, 0.6) is 0 Å². The van der Waals surface area contributed by atoms with Crippen molar-refractivity contribution in [2.24, 2.45) is 22.4 Å². The molecule has 4 N–H and O–H groups in total. The second-order valence-corrected chi connectivity index (χ2v) is 6.86. The van der Waals surface area contributed by atoms with Gasteiger partial charge in [0.2, 0.25) is 10.0 Å². The molecule has 0 atom stereocenters. The lowest BCUT2D eigenvalue weighted by Gasteiger charge is -2.30. The Kier molecular flexibility index (Phi) is 4.61. The van der Waals surface area contributed by atoms with Crippen LogP contribution in [-0.2, 0) is 10.0 Å². The van der Waals surface area contributed by atoms with Gasteiger partial charge in [-0.15, -0.1) is 0 Å². The molecule has 1 aliphatic heterocycles. The molecule has 110 valence electrons. The molecule has 20 heavy (non-hydrogen) atoms. The van der Waals surface area contributed by atoms with Gasteiger partial charge in [-0.2, -0.15) is 4.31 Å². The third-order valence-electron chi connectivity index (χ3n) is 3.49. The normalized spacial score (nSPS) is 17.8. The highest BCUT2D eigenvalue weighted by Crippen LogP contribution is 2.23. The Hall–Kier alpha value is -1.60. The summed E-state index contributed by atoms with van der Waals surface area (Å²) >= 11 is 0. The van der Waals surface area contributed by atoms with Crippen molar-refractivity contribution >= 4 is 16.0 Å². The zero-order valence-corrected chi connectivity index (χ0v) is 12.1. The first-order valence-electron chi connectivity index (χ1n) is 6.61. The Balaban J connectivity index is 1.99. The number of rotatable bonds is 4. The minimum Gasteiger partial charge on any atom is -0.370 e. The van der Waals surface area contributed by atoms with Crippen LogP contribution in [0.1, 0.15) is 12.8 Å². The third kappa shape index (κ3) is 3.49. The molecule has 0 spiro atoms. The molecule has 2 rings (SSSR count). The smallest absolute Gasteiger partial charge is 0.243 e. The van der Waals surface area contributed by atoms with E-state index in [1.54, 1.807) is 30.3 Å². The van der Waals surface area contributed by atoms with Gasteiger partial charge in [-0.3, -0.25) is 4.99 Å². The molecule has 0 aromatic heterocycles. The van der Waals surface area contributed by atoms with E-state index in [0.29, 0.717) is 30.4 Å². The van der Waals surface area contributed by atoms with Gasteiger partial charge in [0.1, 0.15) is 0 Å². The summed E-state index contributed by atoms with van der Waals surface area (Å²) in [4.78, 5) is 4.35. The molecule has 0 bridgehead atoms. The largest absolute Gasteiger partial charge is 0.370 e. The van der Waals surface area contributed by atoms with Crippen molar-refractivity contribution in [3.63, 3.8) is 0 Å². The third-order valence-corrected chi connectivity index (χ3v) is 5.40. The molecule has 0 radical (unpaired) electrons. The van der Waals surface area contributed by atoms with E-state index < -0.39 is 10.0 Å². The summed E-state index contributed by atoms with van der Waals surface area (Å²) in [6.07, 6.45) is 1.56. The fourth-order valence-corrected chi connectivity index (χ4v) is 3.80. The lowest BCUT2D eigenvalue weighted by atomic mass is 9.98. The first-order valence-corrected chi connectivity index (χ1v) is 8.05. The molecular weight excluding hydrogens is 276 g/mol. The van der Waals surface area contributed by atoms with Crippen molar-refractivity contribution in [1.29, 1.82) is 0 Å². The number of piperidine rings is 1. The average Bonchev–Trinajstić information content (AvgIpc) is 2.46. The second kappa shape index (κ2) is 6.23. The molecule has 7 heteroatoms. The molecule has 1 aliphatic rings. The molecule has 1 fully saturated rings. The van der Waals surface area contributed by atoms with Crippen molar-refractivity contribution in [2.45, 2.75) is 17.7 Å². The van der Waals surface area contributed by atoms with Crippen LogP contribution in [-0.4, -0.2) is 38.3 Å². The van der Waals surface area contributed by atoms with E-state index in [4.69, 9.17) is 11.5 Å². The predicted octanol–water partition coefficient (Wildman–Crippen LogP) is 0.361. The number of nitrogens with zero attached hydrogens (tertiary/aromatic N) is 2. The van der Waals surface area contributed by atoms with Crippen LogP contribution in [0.2, 0.25) is 0 Å². The lowest BCUT2D eigenvalue weighted by Crippen LogP contribution is -2.39. The summed E-state index contributed by atoms with van der Waals surface area (Å²) in [5.41, 5.74) is 10.6. The maximum Gasteiger partial charge on any atom is 0.243 e. The fourth-order valence-electron chi connectivity index (χ4n) is 2.31. The van der Waals surface area contributed by atoms with Crippen molar-refractivity contribution in [3.05, 3.63) is 30.3 Å². The van der Waals surface area contributed by atoms with Gasteiger partial charge >= 0.3 is 0 Å². The van der Waals surface area contributed by atoms with Gasteiger partial charge < -0.3 is 11.5 Å². The van der Waals surface area contributed by atoms with Crippen LogP contribution in [0.15, 0.2) is 40.2 Å². The molecule has 1 heterocycles. The number of benzene rings is 1. The number of hydrogen-bond donors (Lipinski definition) is 2. The van der Waals surface area contributed by atoms with Crippen molar-refractivity contribution < 1.29 is 8.42 Å². The maximum absolute atomic E-state index is 12.4. The van der Waals surface area contributed by atoms with E-state index in [0.717, 1.165) is 12.8 Å². The van der Waals surface area contributed by atoms with Gasteiger partial charge in [-0.25, -0.2) is 8.42 Å². The standard InChI is InChI=1S/C13H20N4O2S/c14-13(15)16-10-11-6-8-17(9-7-11)20(18,19)12-4-2-1-3-5-12/h1-5,11H,6-10H2,(H4,14,15,16). The molecule has 6 nitrogen and oxygen atoms in total.